The number of hydrogen-bond acceptors (Lipinski definition) is 5. The third-order valence-electron chi connectivity index (χ3n) is 6.75. The van der Waals surface area contributed by atoms with E-state index in [2.05, 4.69) is 6.92 Å². The van der Waals surface area contributed by atoms with E-state index in [1.165, 1.54) is 12.1 Å². The van der Waals surface area contributed by atoms with Gasteiger partial charge in [0.05, 0.1) is 30.2 Å². The Balaban J connectivity index is 1.62. The maximum absolute atomic E-state index is 14.1. The second-order valence-corrected chi connectivity index (χ2v) is 9.29. The molecule has 0 saturated carbocycles. The van der Waals surface area contributed by atoms with Crippen molar-refractivity contribution < 1.29 is 23.1 Å². The van der Waals surface area contributed by atoms with Crippen LogP contribution in [0, 0.1) is 5.82 Å². The molecule has 1 aliphatic rings. The van der Waals surface area contributed by atoms with Crippen molar-refractivity contribution in [2.24, 2.45) is 0 Å². The molecule has 0 radical (unpaired) electrons. The van der Waals surface area contributed by atoms with E-state index in [1.54, 1.807) is 4.90 Å². The number of rotatable bonds is 10. The molecule has 1 atom stereocenters. The summed E-state index contributed by atoms with van der Waals surface area (Å²) in [6.45, 7) is 5.33. The number of amides is 1. The fraction of sp³-hybridized carbons (Fsp3) is 0.290. The van der Waals surface area contributed by atoms with Gasteiger partial charge in [-0.15, -0.1) is 0 Å². The van der Waals surface area contributed by atoms with Crippen LogP contribution in [0.15, 0.2) is 75.9 Å². The quantitative estimate of drug-likeness (QED) is 0.232. The lowest BCUT2D eigenvalue weighted by atomic mass is 9.97. The van der Waals surface area contributed by atoms with Crippen molar-refractivity contribution in [3.05, 3.63) is 105 Å². The molecule has 6 nitrogen and oxygen atoms in total. The van der Waals surface area contributed by atoms with Gasteiger partial charge >= 0.3 is 0 Å². The molecule has 3 aromatic carbocycles. The van der Waals surface area contributed by atoms with Crippen LogP contribution in [0.3, 0.4) is 0 Å². The molecule has 0 fully saturated rings. The van der Waals surface area contributed by atoms with Gasteiger partial charge in [0.2, 0.25) is 5.76 Å². The Kier molecular flexibility index (Phi) is 7.45. The van der Waals surface area contributed by atoms with E-state index in [9.17, 15) is 14.0 Å². The summed E-state index contributed by atoms with van der Waals surface area (Å²) in [5.41, 5.74) is 1.74. The van der Waals surface area contributed by atoms with Gasteiger partial charge in [-0.3, -0.25) is 9.59 Å². The van der Waals surface area contributed by atoms with Crippen LogP contribution < -0.4 is 14.9 Å². The van der Waals surface area contributed by atoms with E-state index in [0.717, 1.165) is 24.5 Å². The van der Waals surface area contributed by atoms with Crippen LogP contribution in [0.2, 0.25) is 0 Å². The average molecular weight is 516 g/mol. The van der Waals surface area contributed by atoms with Crippen molar-refractivity contribution in [1.29, 1.82) is 0 Å². The third kappa shape index (κ3) is 4.88. The number of nitrogens with zero attached hydrogens (tertiary/aromatic N) is 1. The van der Waals surface area contributed by atoms with Gasteiger partial charge in [0, 0.05) is 6.54 Å². The first kappa shape index (κ1) is 25.5. The van der Waals surface area contributed by atoms with Gasteiger partial charge < -0.3 is 18.8 Å². The first-order chi connectivity index (χ1) is 18.5. The number of hydrogen-bond donors (Lipinski definition) is 0. The number of ether oxygens (including phenoxy) is 2. The zero-order valence-corrected chi connectivity index (χ0v) is 21.5. The zero-order chi connectivity index (χ0) is 26.6. The SMILES string of the molecule is CCCCOc1ccc(C2c3c(oc4ccc(F)cc4c3=O)C(=O)N2CCc2ccccc2)cc1OCC. The Morgan fingerprint density at radius 1 is 0.947 bits per heavy atom. The predicted octanol–water partition coefficient (Wildman–Crippen LogP) is 6.30. The molecule has 1 aliphatic heterocycles. The fourth-order valence-electron chi connectivity index (χ4n) is 4.87. The summed E-state index contributed by atoms with van der Waals surface area (Å²) in [4.78, 5) is 29.0. The molecule has 196 valence electrons. The summed E-state index contributed by atoms with van der Waals surface area (Å²) in [5, 5.41) is 0.107. The lowest BCUT2D eigenvalue weighted by Gasteiger charge is -2.26. The van der Waals surface area contributed by atoms with Gasteiger partial charge in [-0.2, -0.15) is 0 Å². The van der Waals surface area contributed by atoms with E-state index >= 15 is 0 Å². The van der Waals surface area contributed by atoms with Crippen molar-refractivity contribution in [3.8, 4) is 11.5 Å². The Bertz CT molecular complexity index is 1510. The summed E-state index contributed by atoms with van der Waals surface area (Å²) in [7, 11) is 0. The van der Waals surface area contributed by atoms with Crippen molar-refractivity contribution in [3.63, 3.8) is 0 Å². The monoisotopic (exact) mass is 515 g/mol. The van der Waals surface area contributed by atoms with Crippen LogP contribution >= 0.6 is 0 Å². The number of carbonyl (C=O) groups is 1. The molecule has 7 heteroatoms. The molecule has 4 aromatic rings. The molecule has 1 aromatic heterocycles. The van der Waals surface area contributed by atoms with E-state index in [1.807, 2.05) is 55.5 Å². The minimum Gasteiger partial charge on any atom is -0.490 e. The van der Waals surface area contributed by atoms with Gasteiger partial charge in [0.25, 0.3) is 5.91 Å². The van der Waals surface area contributed by atoms with E-state index in [-0.39, 0.29) is 28.2 Å². The van der Waals surface area contributed by atoms with Crippen LogP contribution in [-0.2, 0) is 6.42 Å². The molecule has 38 heavy (non-hydrogen) atoms. The maximum Gasteiger partial charge on any atom is 0.290 e. The molecule has 1 amide bonds. The van der Waals surface area contributed by atoms with Crippen LogP contribution in [0.25, 0.3) is 11.0 Å². The van der Waals surface area contributed by atoms with Crippen molar-refractivity contribution >= 4 is 16.9 Å². The Hall–Kier alpha value is -4.13. The maximum atomic E-state index is 14.1. The summed E-state index contributed by atoms with van der Waals surface area (Å²) >= 11 is 0. The Labute approximate surface area is 220 Å². The highest BCUT2D eigenvalue weighted by molar-refractivity contribution is 5.99. The van der Waals surface area contributed by atoms with Crippen molar-refractivity contribution in [2.45, 2.75) is 39.2 Å². The second kappa shape index (κ2) is 11.1. The molecule has 2 heterocycles. The lowest BCUT2D eigenvalue weighted by Crippen LogP contribution is -2.31. The summed E-state index contributed by atoms with van der Waals surface area (Å²) in [6.07, 6.45) is 2.51. The highest BCUT2D eigenvalue weighted by Crippen LogP contribution is 2.41. The minimum atomic E-state index is -0.714. The van der Waals surface area contributed by atoms with Crippen LogP contribution in [-0.4, -0.2) is 30.6 Å². The topological polar surface area (TPSA) is 69.0 Å². The summed E-state index contributed by atoms with van der Waals surface area (Å²) < 4.78 is 31.8. The van der Waals surface area contributed by atoms with Gasteiger partial charge in [-0.25, -0.2) is 4.39 Å². The number of benzene rings is 3. The van der Waals surface area contributed by atoms with Gasteiger partial charge in [-0.05, 0) is 61.2 Å². The van der Waals surface area contributed by atoms with Crippen LogP contribution in [0.5, 0.6) is 11.5 Å². The smallest absolute Gasteiger partial charge is 0.290 e. The number of halogens is 1. The van der Waals surface area contributed by atoms with Crippen LogP contribution in [0.4, 0.5) is 4.39 Å². The Morgan fingerprint density at radius 3 is 2.53 bits per heavy atom. The largest absolute Gasteiger partial charge is 0.490 e. The molecule has 0 saturated heterocycles. The second-order valence-electron chi connectivity index (χ2n) is 9.29. The van der Waals surface area contributed by atoms with E-state index in [4.69, 9.17) is 13.9 Å². The number of unbranched alkanes of at least 4 members (excludes halogenated alkanes) is 1. The lowest BCUT2D eigenvalue weighted by molar-refractivity contribution is 0.0729. The number of fused-ring (bicyclic) bond motifs is 2. The third-order valence-corrected chi connectivity index (χ3v) is 6.75. The van der Waals surface area contributed by atoms with E-state index < -0.39 is 17.3 Å². The predicted molar refractivity (Wildman–Crippen MR) is 143 cm³/mol. The molecular weight excluding hydrogens is 485 g/mol. The standard InChI is InChI=1S/C31H30FNO5/c1-3-5-17-37-25-13-11-21(18-26(25)36-4-2)28-27-29(34)23-19-22(32)12-14-24(23)38-30(27)31(35)33(28)16-15-20-9-7-6-8-10-20/h6-14,18-19,28H,3-5,15-17H2,1-2H3. The van der Waals surface area contributed by atoms with E-state index in [0.29, 0.717) is 43.2 Å². The van der Waals surface area contributed by atoms with Gasteiger partial charge in [0.1, 0.15) is 11.4 Å². The number of carbonyl (C=O) groups excluding carboxylic acids is 1. The molecular formula is C31H30FNO5. The van der Waals surface area contributed by atoms with Crippen molar-refractivity contribution in [1.82, 2.24) is 4.90 Å². The highest BCUT2D eigenvalue weighted by atomic mass is 19.1. The van der Waals surface area contributed by atoms with Gasteiger partial charge in [-0.1, -0.05) is 49.7 Å². The molecule has 0 aliphatic carbocycles. The summed E-state index contributed by atoms with van der Waals surface area (Å²) in [5.74, 6) is 0.232. The first-order valence-electron chi connectivity index (χ1n) is 13.0. The van der Waals surface area contributed by atoms with Gasteiger partial charge in [0.15, 0.2) is 16.9 Å². The summed E-state index contributed by atoms with van der Waals surface area (Å²) in [6, 6.07) is 18.4. The molecule has 0 bridgehead atoms. The average Bonchev–Trinajstić information content (AvgIpc) is 3.21. The Morgan fingerprint density at radius 2 is 1.76 bits per heavy atom. The fourth-order valence-corrected chi connectivity index (χ4v) is 4.87. The zero-order valence-electron chi connectivity index (χ0n) is 21.5. The van der Waals surface area contributed by atoms with Crippen LogP contribution in [0.1, 0.15) is 60.0 Å². The highest BCUT2D eigenvalue weighted by Gasteiger charge is 2.42. The molecule has 5 rings (SSSR count). The molecule has 0 N–H and O–H groups in total. The minimum absolute atomic E-state index is 0.00611. The van der Waals surface area contributed by atoms with Crippen molar-refractivity contribution in [2.75, 3.05) is 19.8 Å². The molecule has 1 unspecified atom stereocenters. The first-order valence-corrected chi connectivity index (χ1v) is 13.0. The normalized spacial score (nSPS) is 14.7. The molecule has 0 spiro atoms.